The Balaban J connectivity index is 2.37. The molecular formula is C11H22N2O. The summed E-state index contributed by atoms with van der Waals surface area (Å²) in [6, 6.07) is 0.278. The van der Waals surface area contributed by atoms with E-state index in [1.807, 2.05) is 6.92 Å². The normalized spacial score (nSPS) is 22.1. The highest BCUT2D eigenvalue weighted by atomic mass is 16.1. The SMILES string of the molecule is CCC(N[C@H](C)C1CCCC1)C(N)=O. The van der Waals surface area contributed by atoms with Gasteiger partial charge in [-0.2, -0.15) is 0 Å². The van der Waals surface area contributed by atoms with Crippen molar-refractivity contribution in [2.45, 2.75) is 58.0 Å². The molecule has 0 heterocycles. The van der Waals surface area contributed by atoms with E-state index in [0.717, 1.165) is 12.3 Å². The third-order valence-corrected chi connectivity index (χ3v) is 3.32. The molecule has 2 atom stereocenters. The van der Waals surface area contributed by atoms with Crippen molar-refractivity contribution < 1.29 is 4.79 Å². The lowest BCUT2D eigenvalue weighted by Crippen LogP contribution is -2.47. The van der Waals surface area contributed by atoms with Crippen LogP contribution in [-0.2, 0) is 4.79 Å². The lowest BCUT2D eigenvalue weighted by Gasteiger charge is -2.24. The van der Waals surface area contributed by atoms with Crippen molar-refractivity contribution in [3.05, 3.63) is 0 Å². The summed E-state index contributed by atoms with van der Waals surface area (Å²) in [5, 5.41) is 3.33. The summed E-state index contributed by atoms with van der Waals surface area (Å²) >= 11 is 0. The second kappa shape index (κ2) is 5.35. The van der Waals surface area contributed by atoms with Gasteiger partial charge in [-0.25, -0.2) is 0 Å². The highest BCUT2D eigenvalue weighted by Crippen LogP contribution is 2.27. The Labute approximate surface area is 86.4 Å². The molecule has 3 nitrogen and oxygen atoms in total. The molecule has 1 fully saturated rings. The third-order valence-electron chi connectivity index (χ3n) is 3.32. The van der Waals surface area contributed by atoms with E-state index in [9.17, 15) is 4.79 Å². The average Bonchev–Trinajstić information content (AvgIpc) is 2.65. The van der Waals surface area contributed by atoms with E-state index < -0.39 is 0 Å². The van der Waals surface area contributed by atoms with Crippen molar-refractivity contribution >= 4 is 5.91 Å². The van der Waals surface area contributed by atoms with Gasteiger partial charge in [0.25, 0.3) is 0 Å². The Bertz CT molecular complexity index is 188. The summed E-state index contributed by atoms with van der Waals surface area (Å²) in [5.41, 5.74) is 5.29. The number of carbonyl (C=O) groups is 1. The van der Waals surface area contributed by atoms with E-state index in [0.29, 0.717) is 6.04 Å². The first-order valence-corrected chi connectivity index (χ1v) is 5.70. The van der Waals surface area contributed by atoms with E-state index in [2.05, 4.69) is 12.2 Å². The molecule has 0 aromatic carbocycles. The molecule has 0 bridgehead atoms. The van der Waals surface area contributed by atoms with Crippen LogP contribution < -0.4 is 11.1 Å². The van der Waals surface area contributed by atoms with Crippen LogP contribution in [0.2, 0.25) is 0 Å². The molecule has 1 unspecified atom stereocenters. The minimum absolute atomic E-state index is 0.148. The number of hydrogen-bond acceptors (Lipinski definition) is 2. The van der Waals surface area contributed by atoms with Gasteiger partial charge in [0, 0.05) is 6.04 Å². The molecule has 1 aliphatic carbocycles. The average molecular weight is 198 g/mol. The Hall–Kier alpha value is -0.570. The minimum Gasteiger partial charge on any atom is -0.368 e. The van der Waals surface area contributed by atoms with Crippen LogP contribution in [0.5, 0.6) is 0 Å². The Kier molecular flexibility index (Phi) is 4.39. The first kappa shape index (κ1) is 11.5. The summed E-state index contributed by atoms with van der Waals surface area (Å²) < 4.78 is 0. The van der Waals surface area contributed by atoms with Gasteiger partial charge in [0.1, 0.15) is 0 Å². The summed E-state index contributed by atoms with van der Waals surface area (Å²) in [6.07, 6.45) is 6.05. The highest BCUT2D eigenvalue weighted by molar-refractivity contribution is 5.79. The first-order chi connectivity index (χ1) is 6.65. The molecule has 0 aromatic heterocycles. The highest BCUT2D eigenvalue weighted by Gasteiger charge is 2.24. The predicted octanol–water partition coefficient (Wildman–Crippen LogP) is 1.42. The van der Waals surface area contributed by atoms with Gasteiger partial charge >= 0.3 is 0 Å². The van der Waals surface area contributed by atoms with Gasteiger partial charge in [0.2, 0.25) is 5.91 Å². The zero-order chi connectivity index (χ0) is 10.6. The molecule has 0 aliphatic heterocycles. The molecule has 0 aromatic rings. The number of nitrogens with two attached hydrogens (primary N) is 1. The second-order valence-electron chi connectivity index (χ2n) is 4.36. The van der Waals surface area contributed by atoms with Crippen LogP contribution in [-0.4, -0.2) is 18.0 Å². The van der Waals surface area contributed by atoms with Gasteiger partial charge in [0.15, 0.2) is 0 Å². The van der Waals surface area contributed by atoms with Crippen LogP contribution in [0.15, 0.2) is 0 Å². The van der Waals surface area contributed by atoms with Gasteiger partial charge in [-0.15, -0.1) is 0 Å². The molecule has 1 rings (SSSR count). The quantitative estimate of drug-likeness (QED) is 0.702. The number of nitrogens with one attached hydrogen (secondary N) is 1. The number of amides is 1. The van der Waals surface area contributed by atoms with E-state index in [1.165, 1.54) is 25.7 Å². The number of rotatable bonds is 5. The van der Waals surface area contributed by atoms with E-state index >= 15 is 0 Å². The Morgan fingerprint density at radius 3 is 2.50 bits per heavy atom. The number of primary amides is 1. The van der Waals surface area contributed by atoms with E-state index in [1.54, 1.807) is 0 Å². The predicted molar refractivity (Wildman–Crippen MR) is 57.8 cm³/mol. The molecular weight excluding hydrogens is 176 g/mol. The van der Waals surface area contributed by atoms with Crippen molar-refractivity contribution in [2.24, 2.45) is 11.7 Å². The van der Waals surface area contributed by atoms with Crippen LogP contribution in [0.1, 0.15) is 46.0 Å². The van der Waals surface area contributed by atoms with Crippen molar-refractivity contribution in [1.82, 2.24) is 5.32 Å². The van der Waals surface area contributed by atoms with E-state index in [4.69, 9.17) is 5.73 Å². The maximum Gasteiger partial charge on any atom is 0.234 e. The maximum atomic E-state index is 11.0. The molecule has 1 amide bonds. The molecule has 1 saturated carbocycles. The molecule has 3 N–H and O–H groups in total. The smallest absolute Gasteiger partial charge is 0.234 e. The molecule has 14 heavy (non-hydrogen) atoms. The van der Waals surface area contributed by atoms with Gasteiger partial charge < -0.3 is 11.1 Å². The largest absolute Gasteiger partial charge is 0.368 e. The molecule has 0 spiro atoms. The van der Waals surface area contributed by atoms with Crippen LogP contribution in [0, 0.1) is 5.92 Å². The van der Waals surface area contributed by atoms with Gasteiger partial charge in [-0.05, 0) is 32.1 Å². The summed E-state index contributed by atoms with van der Waals surface area (Å²) in [5.74, 6) is 0.515. The van der Waals surface area contributed by atoms with Crippen LogP contribution in [0.4, 0.5) is 0 Å². The molecule has 0 radical (unpaired) electrons. The maximum absolute atomic E-state index is 11.0. The molecule has 3 heteroatoms. The summed E-state index contributed by atoms with van der Waals surface area (Å²) in [6.45, 7) is 4.16. The van der Waals surface area contributed by atoms with Crippen LogP contribution in [0.3, 0.4) is 0 Å². The number of carbonyl (C=O) groups excluding carboxylic acids is 1. The Morgan fingerprint density at radius 1 is 1.50 bits per heavy atom. The fourth-order valence-electron chi connectivity index (χ4n) is 2.31. The topological polar surface area (TPSA) is 55.1 Å². The summed E-state index contributed by atoms with van der Waals surface area (Å²) in [4.78, 5) is 11.0. The summed E-state index contributed by atoms with van der Waals surface area (Å²) in [7, 11) is 0. The van der Waals surface area contributed by atoms with Crippen molar-refractivity contribution in [1.29, 1.82) is 0 Å². The fourth-order valence-corrected chi connectivity index (χ4v) is 2.31. The fraction of sp³-hybridized carbons (Fsp3) is 0.909. The second-order valence-corrected chi connectivity index (χ2v) is 4.36. The van der Waals surface area contributed by atoms with Crippen molar-refractivity contribution in [2.75, 3.05) is 0 Å². The molecule has 0 saturated heterocycles. The van der Waals surface area contributed by atoms with Gasteiger partial charge in [-0.1, -0.05) is 19.8 Å². The minimum atomic E-state index is -0.225. The zero-order valence-electron chi connectivity index (χ0n) is 9.25. The number of hydrogen-bond donors (Lipinski definition) is 2. The van der Waals surface area contributed by atoms with Crippen LogP contribution >= 0.6 is 0 Å². The molecule has 1 aliphatic rings. The lowest BCUT2D eigenvalue weighted by molar-refractivity contribution is -0.120. The van der Waals surface area contributed by atoms with Crippen molar-refractivity contribution in [3.63, 3.8) is 0 Å². The zero-order valence-corrected chi connectivity index (χ0v) is 9.25. The Morgan fingerprint density at radius 2 is 2.07 bits per heavy atom. The third kappa shape index (κ3) is 2.98. The van der Waals surface area contributed by atoms with Crippen molar-refractivity contribution in [3.8, 4) is 0 Å². The lowest BCUT2D eigenvalue weighted by atomic mass is 9.98. The van der Waals surface area contributed by atoms with Gasteiger partial charge in [0.05, 0.1) is 6.04 Å². The molecule has 82 valence electrons. The standard InChI is InChI=1S/C11H22N2O/c1-3-10(11(12)14)13-8(2)9-6-4-5-7-9/h8-10,13H,3-7H2,1-2H3,(H2,12,14)/t8-,10?/m1/s1. The van der Waals surface area contributed by atoms with Gasteiger partial charge in [-0.3, -0.25) is 4.79 Å². The first-order valence-electron chi connectivity index (χ1n) is 5.70. The van der Waals surface area contributed by atoms with Crippen LogP contribution in [0.25, 0.3) is 0 Å². The van der Waals surface area contributed by atoms with E-state index in [-0.39, 0.29) is 11.9 Å². The monoisotopic (exact) mass is 198 g/mol.